The summed E-state index contributed by atoms with van der Waals surface area (Å²) in [6.45, 7) is 2.43. The van der Waals surface area contributed by atoms with Gasteiger partial charge in [-0.3, -0.25) is 9.10 Å². The number of benzene rings is 3. The summed E-state index contributed by atoms with van der Waals surface area (Å²) in [5, 5.41) is 12.2. The maximum Gasteiger partial charge on any atom is 0.416 e. The number of aromatic nitrogens is 1. The molecule has 244 valence electrons. The topological polar surface area (TPSA) is 79.6 Å². The molecule has 0 unspecified atom stereocenters. The molecule has 1 aliphatic carbocycles. The summed E-state index contributed by atoms with van der Waals surface area (Å²) in [5.74, 6) is -0.639. The van der Waals surface area contributed by atoms with E-state index in [0.717, 1.165) is 40.6 Å². The fourth-order valence-electron chi connectivity index (χ4n) is 6.93. The molecule has 2 aliphatic rings. The predicted molar refractivity (Wildman–Crippen MR) is 174 cm³/mol. The number of hydrogen-bond donors (Lipinski definition) is 1. The van der Waals surface area contributed by atoms with Crippen molar-refractivity contribution >= 4 is 32.4 Å². The van der Waals surface area contributed by atoms with Gasteiger partial charge in [-0.1, -0.05) is 55.5 Å². The van der Waals surface area contributed by atoms with Crippen molar-refractivity contribution < 1.29 is 31.5 Å². The van der Waals surface area contributed by atoms with Crippen LogP contribution >= 0.6 is 0 Å². The van der Waals surface area contributed by atoms with Gasteiger partial charge >= 0.3 is 6.18 Å². The number of ketones is 1. The van der Waals surface area contributed by atoms with Crippen LogP contribution in [0.1, 0.15) is 71.6 Å². The number of Topliss-reactive ketones (excluding diaryl/α,β-unsaturated/α-hetero) is 1. The van der Waals surface area contributed by atoms with E-state index < -0.39 is 38.5 Å². The average Bonchev–Trinajstić information content (AvgIpc) is 3.75. The van der Waals surface area contributed by atoms with Crippen LogP contribution in [0.2, 0.25) is 0 Å². The summed E-state index contributed by atoms with van der Waals surface area (Å²) in [6.07, 6.45) is 0.281. The van der Waals surface area contributed by atoms with E-state index in [1.165, 1.54) is 10.4 Å². The van der Waals surface area contributed by atoms with E-state index in [-0.39, 0.29) is 12.2 Å². The maximum atomic E-state index is 14.0. The third-order valence-corrected chi connectivity index (χ3v) is 12.4. The van der Waals surface area contributed by atoms with Gasteiger partial charge in [-0.25, -0.2) is 8.42 Å². The monoisotopic (exact) mass is 652 g/mol. The minimum Gasteiger partial charge on any atom is -0.393 e. The third kappa shape index (κ3) is 6.09. The number of nitrogens with zero attached hydrogens (tertiary/aromatic N) is 2. The summed E-state index contributed by atoms with van der Waals surface area (Å²) in [5.41, 5.74) is 3.57. The molecule has 1 aromatic heterocycles. The number of sulfonamides is 1. The van der Waals surface area contributed by atoms with Gasteiger partial charge in [-0.05, 0) is 85.8 Å². The van der Waals surface area contributed by atoms with Crippen molar-refractivity contribution in [2.45, 2.75) is 81.9 Å². The largest absolute Gasteiger partial charge is 0.416 e. The molecule has 2 heterocycles. The van der Waals surface area contributed by atoms with Gasteiger partial charge in [0.2, 0.25) is 10.0 Å². The van der Waals surface area contributed by atoms with Crippen LogP contribution in [-0.2, 0) is 42.0 Å². The van der Waals surface area contributed by atoms with Crippen LogP contribution < -0.4 is 4.31 Å². The van der Waals surface area contributed by atoms with E-state index in [1.807, 2.05) is 54.1 Å². The molecule has 4 aromatic rings. The first-order chi connectivity index (χ1) is 21.8. The van der Waals surface area contributed by atoms with Gasteiger partial charge in [0.1, 0.15) is 4.75 Å². The average molecular weight is 653 g/mol. The number of halogens is 3. The summed E-state index contributed by atoms with van der Waals surface area (Å²) in [6, 6.07) is 18.3. The molecule has 1 spiro atoms. The second-order valence-corrected chi connectivity index (χ2v) is 15.3. The van der Waals surface area contributed by atoms with Gasteiger partial charge in [0, 0.05) is 37.2 Å². The lowest BCUT2D eigenvalue weighted by Crippen LogP contribution is -2.38. The lowest BCUT2D eigenvalue weighted by molar-refractivity contribution is -0.137. The molecule has 1 aliphatic heterocycles. The molecule has 6 nitrogen and oxygen atoms in total. The van der Waals surface area contributed by atoms with E-state index in [1.54, 1.807) is 19.2 Å². The number of carbonyl (C=O) groups is 1. The van der Waals surface area contributed by atoms with Gasteiger partial charge in [-0.2, -0.15) is 13.2 Å². The Kier molecular flexibility index (Phi) is 8.56. The molecular formula is C36H39F3N2O4S. The van der Waals surface area contributed by atoms with Crippen molar-refractivity contribution in [1.82, 2.24) is 4.57 Å². The van der Waals surface area contributed by atoms with Crippen LogP contribution in [0.4, 0.5) is 18.9 Å². The molecule has 1 saturated carbocycles. The molecule has 2 atom stereocenters. The Hall–Kier alpha value is -3.63. The van der Waals surface area contributed by atoms with Crippen molar-refractivity contribution in [3.8, 4) is 0 Å². The summed E-state index contributed by atoms with van der Waals surface area (Å²) in [4.78, 5) is 14.0. The Morgan fingerprint density at radius 3 is 2.41 bits per heavy atom. The van der Waals surface area contributed by atoms with Gasteiger partial charge < -0.3 is 9.67 Å². The molecule has 10 heteroatoms. The second kappa shape index (κ2) is 12.2. The quantitative estimate of drug-likeness (QED) is 0.172. The highest BCUT2D eigenvalue weighted by Crippen LogP contribution is 2.51. The Bertz CT molecular complexity index is 1860. The highest BCUT2D eigenvalue weighted by molar-refractivity contribution is 7.94. The number of aliphatic hydroxyl groups excluding tert-OH is 1. The van der Waals surface area contributed by atoms with E-state index >= 15 is 0 Å². The Morgan fingerprint density at radius 1 is 1.02 bits per heavy atom. The first-order valence-electron chi connectivity index (χ1n) is 15.9. The summed E-state index contributed by atoms with van der Waals surface area (Å²) >= 11 is 0. The SMILES string of the molecule is CCc1cn2c3c(cc(C(=O)C[C@@H](Cc4ccccc4)[C@H](O)CCCc4cccc(C(F)(F)F)c4)cc13)N(C)S(=O)(=O)C1(CC1)C2. The maximum absolute atomic E-state index is 14.0. The summed E-state index contributed by atoms with van der Waals surface area (Å²) < 4.78 is 69.4. The zero-order valence-corrected chi connectivity index (χ0v) is 26.9. The van der Waals surface area contributed by atoms with Crippen LogP contribution in [-0.4, -0.2) is 41.8 Å². The summed E-state index contributed by atoms with van der Waals surface area (Å²) in [7, 11) is -2.07. The Labute approximate surface area is 267 Å². The van der Waals surface area contributed by atoms with Gasteiger partial charge in [0.15, 0.2) is 5.78 Å². The zero-order valence-electron chi connectivity index (χ0n) is 26.1. The van der Waals surface area contributed by atoms with Crippen LogP contribution in [0.3, 0.4) is 0 Å². The lowest BCUT2D eigenvalue weighted by atomic mass is 9.85. The zero-order chi connectivity index (χ0) is 32.9. The van der Waals surface area contributed by atoms with E-state index in [4.69, 9.17) is 0 Å². The van der Waals surface area contributed by atoms with E-state index in [2.05, 4.69) is 0 Å². The van der Waals surface area contributed by atoms with E-state index in [0.29, 0.717) is 61.9 Å². The van der Waals surface area contributed by atoms with Crippen molar-refractivity contribution in [3.05, 3.63) is 101 Å². The molecule has 1 N–H and O–H groups in total. The molecule has 0 bridgehead atoms. The Balaban J connectivity index is 1.26. The smallest absolute Gasteiger partial charge is 0.393 e. The number of anilines is 1. The number of rotatable bonds is 11. The first kappa shape index (κ1) is 32.3. The minimum atomic E-state index is -4.42. The minimum absolute atomic E-state index is 0.0349. The molecule has 0 amide bonds. The predicted octanol–water partition coefficient (Wildman–Crippen LogP) is 7.35. The van der Waals surface area contributed by atoms with Crippen molar-refractivity contribution in [2.75, 3.05) is 11.4 Å². The van der Waals surface area contributed by atoms with Gasteiger partial charge in [0.25, 0.3) is 0 Å². The third-order valence-electron chi connectivity index (χ3n) is 9.80. The van der Waals surface area contributed by atoms with Crippen molar-refractivity contribution in [2.24, 2.45) is 5.92 Å². The fourth-order valence-corrected chi connectivity index (χ4v) is 8.83. The number of aryl methyl sites for hydroxylation is 2. The van der Waals surface area contributed by atoms with Crippen LogP contribution in [0, 0.1) is 5.92 Å². The van der Waals surface area contributed by atoms with E-state index in [9.17, 15) is 31.5 Å². The fraction of sp³-hybridized carbons (Fsp3) is 0.417. The molecule has 3 aromatic carbocycles. The highest BCUT2D eigenvalue weighted by atomic mass is 32.2. The van der Waals surface area contributed by atoms with Crippen molar-refractivity contribution in [3.63, 3.8) is 0 Å². The highest BCUT2D eigenvalue weighted by Gasteiger charge is 2.58. The second-order valence-electron chi connectivity index (χ2n) is 12.9. The Morgan fingerprint density at radius 2 is 1.74 bits per heavy atom. The standard InChI is InChI=1S/C36H39F3N2O4S/c1-3-26-22-41-23-35(15-16-35)46(44,45)40(2)31-20-28(19-30(26)34(31)41)33(43)21-27(17-24-9-5-4-6-10-24)32(42)14-8-12-25-11-7-13-29(18-25)36(37,38)39/h4-7,9-11,13,18-20,22,27,32,42H,3,8,12,14-17,21,23H2,1-2H3/t27-,32-/m1/s1. The molecule has 46 heavy (non-hydrogen) atoms. The normalized spacial score (nSPS) is 18.0. The molecule has 0 radical (unpaired) electrons. The molecule has 1 fully saturated rings. The first-order valence-corrected chi connectivity index (χ1v) is 17.3. The number of hydrogen-bond acceptors (Lipinski definition) is 4. The number of carbonyl (C=O) groups excluding carboxylic acids is 1. The molecule has 6 rings (SSSR count). The molecule has 0 saturated heterocycles. The van der Waals surface area contributed by atoms with Crippen LogP contribution in [0.5, 0.6) is 0 Å². The lowest BCUT2D eigenvalue weighted by Gasteiger charge is -2.24. The molecular weight excluding hydrogens is 613 g/mol. The van der Waals surface area contributed by atoms with Crippen LogP contribution in [0.15, 0.2) is 72.9 Å². The van der Waals surface area contributed by atoms with Gasteiger partial charge in [0.05, 0.1) is 22.9 Å². The van der Waals surface area contributed by atoms with Crippen LogP contribution in [0.25, 0.3) is 10.9 Å². The number of alkyl halides is 3. The van der Waals surface area contributed by atoms with Crippen molar-refractivity contribution in [1.29, 1.82) is 0 Å². The van der Waals surface area contributed by atoms with Gasteiger partial charge in [-0.15, -0.1) is 0 Å². The number of aliphatic hydroxyl groups is 1.